The number of amides is 1. The van der Waals surface area contributed by atoms with Crippen LogP contribution in [0.4, 0.5) is 4.39 Å². The van der Waals surface area contributed by atoms with E-state index in [-0.39, 0.29) is 18.1 Å². The van der Waals surface area contributed by atoms with Crippen molar-refractivity contribution in [1.29, 1.82) is 0 Å². The Kier molecular flexibility index (Phi) is 4.13. The lowest BCUT2D eigenvalue weighted by atomic mass is 9.95. The number of rotatable bonds is 4. The van der Waals surface area contributed by atoms with Gasteiger partial charge in [0.05, 0.1) is 12.0 Å². The minimum absolute atomic E-state index is 0.149. The molecule has 1 aromatic carbocycles. The number of nitrogens with one attached hydrogen (secondary N) is 1. The first-order valence-electron chi connectivity index (χ1n) is 6.43. The fraction of sp³-hybridized carbons (Fsp3) is 0.250. The van der Waals surface area contributed by atoms with Crippen LogP contribution < -0.4 is 5.32 Å². The lowest BCUT2D eigenvalue weighted by Gasteiger charge is -2.26. The van der Waals surface area contributed by atoms with Crippen LogP contribution in [0.25, 0.3) is 0 Å². The molecule has 0 bridgehead atoms. The molecule has 0 saturated heterocycles. The highest BCUT2D eigenvalue weighted by Crippen LogP contribution is 2.18. The summed E-state index contributed by atoms with van der Waals surface area (Å²) in [5.74, 6) is -0.480. The van der Waals surface area contributed by atoms with Crippen LogP contribution >= 0.6 is 0 Å². The van der Waals surface area contributed by atoms with Gasteiger partial charge in [-0.25, -0.2) is 4.39 Å². The quantitative estimate of drug-likeness (QED) is 0.930. The molecular weight excluding hydrogens is 255 g/mol. The Hall–Kier alpha value is -2.23. The van der Waals surface area contributed by atoms with E-state index in [1.807, 2.05) is 26.0 Å². The molecule has 0 unspecified atom stereocenters. The van der Waals surface area contributed by atoms with Gasteiger partial charge in [0.25, 0.3) is 0 Å². The third-order valence-corrected chi connectivity index (χ3v) is 3.09. The molecule has 1 amide bonds. The number of carbonyl (C=O) groups excluding carboxylic acids is 1. The molecule has 20 heavy (non-hydrogen) atoms. The zero-order valence-electron chi connectivity index (χ0n) is 11.6. The van der Waals surface area contributed by atoms with Crippen molar-refractivity contribution in [3.05, 3.63) is 65.7 Å². The first-order valence-corrected chi connectivity index (χ1v) is 6.43. The number of hydrogen-bond acceptors (Lipinski definition) is 2. The number of halogens is 1. The lowest BCUT2D eigenvalue weighted by Crippen LogP contribution is -2.41. The van der Waals surface area contributed by atoms with E-state index >= 15 is 0 Å². The Morgan fingerprint density at radius 3 is 2.75 bits per heavy atom. The van der Waals surface area contributed by atoms with E-state index in [2.05, 4.69) is 10.3 Å². The van der Waals surface area contributed by atoms with Gasteiger partial charge in [0, 0.05) is 12.4 Å². The average Bonchev–Trinajstić information content (AvgIpc) is 2.39. The number of carbonyl (C=O) groups is 1. The average molecular weight is 272 g/mol. The smallest absolute Gasteiger partial charge is 0.225 e. The fourth-order valence-corrected chi connectivity index (χ4v) is 2.03. The molecule has 0 aliphatic rings. The summed E-state index contributed by atoms with van der Waals surface area (Å²) < 4.78 is 13.1. The van der Waals surface area contributed by atoms with Crippen molar-refractivity contribution >= 4 is 5.91 Å². The van der Waals surface area contributed by atoms with Crippen molar-refractivity contribution in [2.24, 2.45) is 0 Å². The van der Waals surface area contributed by atoms with Gasteiger partial charge in [-0.3, -0.25) is 9.78 Å². The molecule has 0 aliphatic carbocycles. The van der Waals surface area contributed by atoms with Crippen LogP contribution in [0.2, 0.25) is 0 Å². The molecule has 0 atom stereocenters. The molecule has 0 fully saturated rings. The standard InChI is InChI=1S/C16H17FN2O/c1-16(2,13-6-4-8-18-11-13)19-15(20)10-12-5-3-7-14(17)9-12/h3-9,11H,10H2,1-2H3,(H,19,20). The molecule has 1 N–H and O–H groups in total. The molecule has 2 rings (SSSR count). The van der Waals surface area contributed by atoms with E-state index in [0.717, 1.165) is 5.56 Å². The maximum absolute atomic E-state index is 13.1. The van der Waals surface area contributed by atoms with Crippen molar-refractivity contribution in [2.45, 2.75) is 25.8 Å². The predicted molar refractivity (Wildman–Crippen MR) is 75.5 cm³/mol. The van der Waals surface area contributed by atoms with Crippen molar-refractivity contribution < 1.29 is 9.18 Å². The molecule has 1 heterocycles. The number of nitrogens with zero attached hydrogens (tertiary/aromatic N) is 1. The van der Waals surface area contributed by atoms with Crippen LogP contribution in [0.5, 0.6) is 0 Å². The molecular formula is C16H17FN2O. The number of pyridine rings is 1. The van der Waals surface area contributed by atoms with E-state index in [0.29, 0.717) is 5.56 Å². The van der Waals surface area contributed by atoms with Crippen LogP contribution in [0, 0.1) is 5.82 Å². The Labute approximate surface area is 117 Å². The summed E-state index contributed by atoms with van der Waals surface area (Å²) in [5, 5.41) is 2.94. The first-order chi connectivity index (χ1) is 9.47. The second kappa shape index (κ2) is 5.82. The van der Waals surface area contributed by atoms with Crippen LogP contribution in [-0.2, 0) is 16.8 Å². The Morgan fingerprint density at radius 1 is 1.30 bits per heavy atom. The van der Waals surface area contributed by atoms with E-state index in [9.17, 15) is 9.18 Å². The van der Waals surface area contributed by atoms with Crippen molar-refractivity contribution in [3.8, 4) is 0 Å². The molecule has 0 saturated carbocycles. The maximum atomic E-state index is 13.1. The molecule has 4 heteroatoms. The molecule has 0 radical (unpaired) electrons. The zero-order chi connectivity index (χ0) is 14.6. The zero-order valence-corrected chi connectivity index (χ0v) is 11.6. The summed E-state index contributed by atoms with van der Waals surface area (Å²) in [4.78, 5) is 16.1. The predicted octanol–water partition coefficient (Wildman–Crippen LogP) is 2.81. The molecule has 1 aromatic heterocycles. The SMILES string of the molecule is CC(C)(NC(=O)Cc1cccc(F)c1)c1cccnc1. The number of aromatic nitrogens is 1. The summed E-state index contributed by atoms with van der Waals surface area (Å²) in [6.45, 7) is 3.82. The summed E-state index contributed by atoms with van der Waals surface area (Å²) in [7, 11) is 0. The summed E-state index contributed by atoms with van der Waals surface area (Å²) in [6.07, 6.45) is 3.57. The van der Waals surface area contributed by atoms with Crippen molar-refractivity contribution in [3.63, 3.8) is 0 Å². The number of hydrogen-bond donors (Lipinski definition) is 1. The normalized spacial score (nSPS) is 11.2. The lowest BCUT2D eigenvalue weighted by molar-refractivity contribution is -0.122. The largest absolute Gasteiger partial charge is 0.347 e. The van der Waals surface area contributed by atoms with Gasteiger partial charge in [-0.1, -0.05) is 18.2 Å². The van der Waals surface area contributed by atoms with Crippen LogP contribution in [0.15, 0.2) is 48.8 Å². The molecule has 0 aliphatic heterocycles. The second-order valence-corrected chi connectivity index (χ2v) is 5.22. The molecule has 2 aromatic rings. The topological polar surface area (TPSA) is 42.0 Å². The van der Waals surface area contributed by atoms with Crippen LogP contribution in [0.1, 0.15) is 25.0 Å². The van der Waals surface area contributed by atoms with Gasteiger partial charge < -0.3 is 5.32 Å². The highest BCUT2D eigenvalue weighted by Gasteiger charge is 2.22. The first kappa shape index (κ1) is 14.2. The summed E-state index contributed by atoms with van der Waals surface area (Å²) >= 11 is 0. The maximum Gasteiger partial charge on any atom is 0.225 e. The number of benzene rings is 1. The van der Waals surface area contributed by atoms with E-state index in [1.165, 1.54) is 12.1 Å². The van der Waals surface area contributed by atoms with Crippen LogP contribution in [-0.4, -0.2) is 10.9 Å². The van der Waals surface area contributed by atoms with Crippen molar-refractivity contribution in [1.82, 2.24) is 10.3 Å². The van der Waals surface area contributed by atoms with Gasteiger partial charge in [-0.15, -0.1) is 0 Å². The van der Waals surface area contributed by atoms with Crippen LogP contribution in [0.3, 0.4) is 0 Å². The Balaban J connectivity index is 2.04. The van der Waals surface area contributed by atoms with Gasteiger partial charge in [0.2, 0.25) is 5.91 Å². The molecule has 104 valence electrons. The van der Waals surface area contributed by atoms with Crippen molar-refractivity contribution in [2.75, 3.05) is 0 Å². The highest BCUT2D eigenvalue weighted by atomic mass is 19.1. The van der Waals surface area contributed by atoms with Gasteiger partial charge >= 0.3 is 0 Å². The Bertz CT molecular complexity index is 596. The summed E-state index contributed by atoms with van der Waals surface area (Å²) in [5.41, 5.74) is 1.07. The third-order valence-electron chi connectivity index (χ3n) is 3.09. The van der Waals surface area contributed by atoms with E-state index in [1.54, 1.807) is 24.5 Å². The third kappa shape index (κ3) is 3.63. The van der Waals surface area contributed by atoms with E-state index in [4.69, 9.17) is 0 Å². The fourth-order valence-electron chi connectivity index (χ4n) is 2.03. The summed E-state index contributed by atoms with van der Waals surface area (Å²) in [6, 6.07) is 9.81. The van der Waals surface area contributed by atoms with Gasteiger partial charge in [-0.05, 0) is 43.2 Å². The van der Waals surface area contributed by atoms with Gasteiger partial charge in [0.1, 0.15) is 5.82 Å². The van der Waals surface area contributed by atoms with Gasteiger partial charge in [0.15, 0.2) is 0 Å². The van der Waals surface area contributed by atoms with E-state index < -0.39 is 5.54 Å². The second-order valence-electron chi connectivity index (χ2n) is 5.22. The van der Waals surface area contributed by atoms with Gasteiger partial charge in [-0.2, -0.15) is 0 Å². The molecule has 0 spiro atoms. The minimum atomic E-state index is -0.515. The minimum Gasteiger partial charge on any atom is -0.347 e. The Morgan fingerprint density at radius 2 is 2.10 bits per heavy atom. The highest BCUT2D eigenvalue weighted by molar-refractivity contribution is 5.79. The molecule has 3 nitrogen and oxygen atoms in total. The monoisotopic (exact) mass is 272 g/mol.